The molecular weight excluding hydrogens is 276 g/mol. The number of methoxy groups -OCH3 is 1. The van der Waals surface area contributed by atoms with E-state index in [1.807, 2.05) is 0 Å². The Morgan fingerprint density at radius 3 is 2.74 bits per heavy atom. The van der Waals surface area contributed by atoms with Crippen LogP contribution in [-0.4, -0.2) is 41.1 Å². The van der Waals surface area contributed by atoms with Crippen molar-refractivity contribution in [3.63, 3.8) is 0 Å². The van der Waals surface area contributed by atoms with Gasteiger partial charge in [-0.25, -0.2) is 9.78 Å². The summed E-state index contributed by atoms with van der Waals surface area (Å²) < 4.78 is 4.35. The molecule has 0 radical (unpaired) electrons. The maximum absolute atomic E-state index is 11.8. The Bertz CT molecular complexity index is 506. The molecule has 1 heterocycles. The fraction of sp³-hybridized carbons (Fsp3) is 0.273. The van der Waals surface area contributed by atoms with Crippen LogP contribution >= 0.6 is 11.6 Å². The van der Waals surface area contributed by atoms with Crippen LogP contribution in [0.4, 0.5) is 0 Å². The van der Waals surface area contributed by atoms with Crippen LogP contribution in [0.5, 0.6) is 0 Å². The Kier molecular flexibility index (Phi) is 5.25. The van der Waals surface area contributed by atoms with E-state index in [4.69, 9.17) is 16.7 Å². The van der Waals surface area contributed by atoms with E-state index in [1.165, 1.54) is 18.3 Å². The van der Waals surface area contributed by atoms with Gasteiger partial charge in [-0.15, -0.1) is 0 Å². The van der Waals surface area contributed by atoms with Crippen LogP contribution in [0.2, 0.25) is 5.15 Å². The van der Waals surface area contributed by atoms with E-state index in [2.05, 4.69) is 15.0 Å². The first-order chi connectivity index (χ1) is 8.93. The molecule has 1 aromatic rings. The molecule has 7 nitrogen and oxygen atoms in total. The van der Waals surface area contributed by atoms with Crippen molar-refractivity contribution < 1.29 is 24.2 Å². The summed E-state index contributed by atoms with van der Waals surface area (Å²) in [5.74, 6) is -2.74. The summed E-state index contributed by atoms with van der Waals surface area (Å²) in [6.45, 7) is 0. The maximum atomic E-state index is 11.8. The molecule has 0 unspecified atom stereocenters. The van der Waals surface area contributed by atoms with E-state index < -0.39 is 30.3 Å². The highest BCUT2D eigenvalue weighted by atomic mass is 35.5. The molecule has 0 aliphatic rings. The van der Waals surface area contributed by atoms with Crippen LogP contribution in [0.1, 0.15) is 16.8 Å². The lowest BCUT2D eigenvalue weighted by molar-refractivity contribution is -0.147. The lowest BCUT2D eigenvalue weighted by atomic mass is 10.2. The third-order valence-corrected chi connectivity index (χ3v) is 2.40. The van der Waals surface area contributed by atoms with Gasteiger partial charge < -0.3 is 15.2 Å². The van der Waals surface area contributed by atoms with Crippen molar-refractivity contribution in [2.45, 2.75) is 12.5 Å². The van der Waals surface area contributed by atoms with Gasteiger partial charge in [0.2, 0.25) is 0 Å². The number of pyridine rings is 1. The molecule has 19 heavy (non-hydrogen) atoms. The number of ether oxygens (including phenoxy) is 1. The minimum absolute atomic E-state index is 0.104. The Balaban J connectivity index is 2.77. The Morgan fingerprint density at radius 1 is 1.53 bits per heavy atom. The third-order valence-electron chi connectivity index (χ3n) is 2.19. The highest BCUT2D eigenvalue weighted by molar-refractivity contribution is 6.29. The lowest BCUT2D eigenvalue weighted by Crippen LogP contribution is -2.42. The average molecular weight is 287 g/mol. The highest BCUT2D eigenvalue weighted by Crippen LogP contribution is 2.07. The van der Waals surface area contributed by atoms with E-state index in [1.54, 1.807) is 0 Å². The second kappa shape index (κ2) is 6.69. The van der Waals surface area contributed by atoms with Gasteiger partial charge >= 0.3 is 11.9 Å². The summed E-state index contributed by atoms with van der Waals surface area (Å²) in [6, 6.07) is 1.29. The number of rotatable bonds is 5. The number of carbonyl (C=O) groups is 3. The Morgan fingerprint density at radius 2 is 2.21 bits per heavy atom. The second-order valence-electron chi connectivity index (χ2n) is 3.51. The molecule has 0 fully saturated rings. The van der Waals surface area contributed by atoms with Crippen LogP contribution in [0.25, 0.3) is 0 Å². The molecule has 0 saturated heterocycles. The number of esters is 1. The first kappa shape index (κ1) is 14.9. The summed E-state index contributed by atoms with van der Waals surface area (Å²) in [7, 11) is 1.13. The number of aromatic nitrogens is 1. The van der Waals surface area contributed by atoms with Gasteiger partial charge in [0.15, 0.2) is 0 Å². The van der Waals surface area contributed by atoms with Gasteiger partial charge in [0, 0.05) is 11.8 Å². The van der Waals surface area contributed by atoms with Crippen molar-refractivity contribution in [3.8, 4) is 0 Å². The first-order valence-electron chi connectivity index (χ1n) is 5.16. The Hall–Kier alpha value is -2.15. The van der Waals surface area contributed by atoms with Crippen LogP contribution in [-0.2, 0) is 14.3 Å². The molecule has 0 aliphatic heterocycles. The van der Waals surface area contributed by atoms with E-state index in [0.717, 1.165) is 7.11 Å². The maximum Gasteiger partial charge on any atom is 0.326 e. The zero-order valence-electron chi connectivity index (χ0n) is 9.92. The SMILES string of the molecule is COC(=O)C[C@H](NC(=O)c1ccnc(Cl)c1)C(=O)O. The van der Waals surface area contributed by atoms with E-state index in [-0.39, 0.29) is 10.7 Å². The number of halogens is 1. The molecule has 8 heteroatoms. The van der Waals surface area contributed by atoms with Gasteiger partial charge in [-0.1, -0.05) is 11.6 Å². The number of hydrogen-bond donors (Lipinski definition) is 2. The van der Waals surface area contributed by atoms with Crippen LogP contribution in [0, 0.1) is 0 Å². The van der Waals surface area contributed by atoms with Crippen molar-refractivity contribution >= 4 is 29.4 Å². The zero-order valence-corrected chi connectivity index (χ0v) is 10.7. The summed E-state index contributed by atoms with van der Waals surface area (Å²) in [6.07, 6.45) is 0.851. The van der Waals surface area contributed by atoms with Gasteiger partial charge in [0.25, 0.3) is 5.91 Å². The molecule has 1 atom stereocenters. The third kappa shape index (κ3) is 4.55. The average Bonchev–Trinajstić information content (AvgIpc) is 2.37. The van der Waals surface area contributed by atoms with Crippen LogP contribution in [0.15, 0.2) is 18.3 Å². The standard InChI is InChI=1S/C11H11ClN2O5/c1-19-9(15)5-7(11(17)18)14-10(16)6-2-3-13-8(12)4-6/h2-4,7H,5H2,1H3,(H,14,16)(H,17,18)/t7-/m0/s1. The second-order valence-corrected chi connectivity index (χ2v) is 3.90. The number of hydrogen-bond acceptors (Lipinski definition) is 5. The summed E-state index contributed by atoms with van der Waals surface area (Å²) >= 11 is 5.61. The van der Waals surface area contributed by atoms with Gasteiger partial charge in [-0.2, -0.15) is 0 Å². The number of aliphatic carboxylic acids is 1. The molecule has 1 aromatic heterocycles. The number of carboxylic acids is 1. The van der Waals surface area contributed by atoms with Gasteiger partial charge in [0.1, 0.15) is 11.2 Å². The van der Waals surface area contributed by atoms with Crippen LogP contribution < -0.4 is 5.32 Å². The first-order valence-corrected chi connectivity index (χ1v) is 5.54. The molecular formula is C11H11ClN2O5. The predicted molar refractivity (Wildman–Crippen MR) is 64.8 cm³/mol. The number of nitrogens with zero attached hydrogens (tertiary/aromatic N) is 1. The topological polar surface area (TPSA) is 106 Å². The van der Waals surface area contributed by atoms with E-state index in [9.17, 15) is 14.4 Å². The molecule has 0 saturated carbocycles. The largest absolute Gasteiger partial charge is 0.480 e. The van der Waals surface area contributed by atoms with Crippen molar-refractivity contribution in [1.29, 1.82) is 0 Å². The summed E-state index contributed by atoms with van der Waals surface area (Å²) in [4.78, 5) is 37.4. The molecule has 0 aromatic carbocycles. The zero-order chi connectivity index (χ0) is 14.4. The Labute approximate surface area is 113 Å². The van der Waals surface area contributed by atoms with Crippen molar-refractivity contribution in [3.05, 3.63) is 29.0 Å². The van der Waals surface area contributed by atoms with Crippen LogP contribution in [0.3, 0.4) is 0 Å². The fourth-order valence-electron chi connectivity index (χ4n) is 1.24. The normalized spacial score (nSPS) is 11.5. The molecule has 0 bridgehead atoms. The van der Waals surface area contributed by atoms with Crippen molar-refractivity contribution in [1.82, 2.24) is 10.3 Å². The predicted octanol–water partition coefficient (Wildman–Crippen LogP) is 0.481. The number of amides is 1. The van der Waals surface area contributed by atoms with E-state index in [0.29, 0.717) is 0 Å². The van der Waals surface area contributed by atoms with Crippen molar-refractivity contribution in [2.75, 3.05) is 7.11 Å². The minimum Gasteiger partial charge on any atom is -0.480 e. The number of carboxylic acid groups (broad SMARTS) is 1. The molecule has 0 spiro atoms. The summed E-state index contributed by atoms with van der Waals surface area (Å²) in [5.41, 5.74) is 0.149. The summed E-state index contributed by atoms with van der Waals surface area (Å²) in [5, 5.41) is 11.2. The smallest absolute Gasteiger partial charge is 0.326 e. The fourth-order valence-corrected chi connectivity index (χ4v) is 1.41. The number of carbonyl (C=O) groups excluding carboxylic acids is 2. The molecule has 102 valence electrons. The molecule has 1 rings (SSSR count). The van der Waals surface area contributed by atoms with E-state index >= 15 is 0 Å². The monoisotopic (exact) mass is 286 g/mol. The highest BCUT2D eigenvalue weighted by Gasteiger charge is 2.24. The molecule has 1 amide bonds. The molecule has 0 aliphatic carbocycles. The number of nitrogens with one attached hydrogen (secondary N) is 1. The quantitative estimate of drug-likeness (QED) is 0.602. The van der Waals surface area contributed by atoms with Gasteiger partial charge in [0.05, 0.1) is 13.5 Å². The van der Waals surface area contributed by atoms with Crippen molar-refractivity contribution in [2.24, 2.45) is 0 Å². The van der Waals surface area contributed by atoms with Gasteiger partial charge in [-0.3, -0.25) is 9.59 Å². The minimum atomic E-state index is -1.37. The lowest BCUT2D eigenvalue weighted by Gasteiger charge is -2.13. The molecule has 2 N–H and O–H groups in total. The van der Waals surface area contributed by atoms with Gasteiger partial charge in [-0.05, 0) is 12.1 Å².